The number of carboxylic acid groups (broad SMARTS) is 1. The Labute approximate surface area is 123 Å². The van der Waals surface area contributed by atoms with Crippen LogP contribution in [-0.4, -0.2) is 22.8 Å². The fourth-order valence-electron chi connectivity index (χ4n) is 2.99. The van der Waals surface area contributed by atoms with E-state index in [1.54, 1.807) is 24.3 Å². The van der Waals surface area contributed by atoms with E-state index >= 15 is 0 Å². The molecule has 21 heavy (non-hydrogen) atoms. The fraction of sp³-hybridized carbons (Fsp3) is 0.438. The summed E-state index contributed by atoms with van der Waals surface area (Å²) in [6, 6.07) is 6.58. The zero-order valence-electron chi connectivity index (χ0n) is 12.1. The Hall–Kier alpha value is -2.17. The molecule has 0 spiro atoms. The second-order valence-corrected chi connectivity index (χ2v) is 5.75. The Bertz CT molecular complexity index is 564. The lowest BCUT2D eigenvalue weighted by Gasteiger charge is -2.14. The number of carbonyl (C=O) groups excluding carboxylic acids is 2. The number of rotatable bonds is 4. The van der Waals surface area contributed by atoms with Crippen LogP contribution in [-0.2, 0) is 9.59 Å². The molecule has 1 amide bonds. The molecule has 5 nitrogen and oxygen atoms in total. The summed E-state index contributed by atoms with van der Waals surface area (Å²) in [5.41, 5.74) is 1.11. The van der Waals surface area contributed by atoms with Gasteiger partial charge in [-0.15, -0.1) is 0 Å². The molecule has 1 aromatic rings. The fourth-order valence-corrected chi connectivity index (χ4v) is 2.99. The average Bonchev–Trinajstić information content (AvgIpc) is 2.80. The minimum absolute atomic E-state index is 0.124. The van der Waals surface area contributed by atoms with Crippen LogP contribution in [0.5, 0.6) is 0 Å². The number of Topliss-reactive ketones (excluding diaryl/α,β-unsaturated/α-hetero) is 1. The van der Waals surface area contributed by atoms with Crippen LogP contribution in [0.3, 0.4) is 0 Å². The van der Waals surface area contributed by atoms with Crippen molar-refractivity contribution in [2.75, 3.05) is 5.32 Å². The van der Waals surface area contributed by atoms with Gasteiger partial charge in [-0.3, -0.25) is 14.4 Å². The van der Waals surface area contributed by atoms with E-state index in [1.165, 1.54) is 6.92 Å². The molecule has 1 fully saturated rings. The second kappa shape index (κ2) is 6.08. The van der Waals surface area contributed by atoms with Gasteiger partial charge in [0.1, 0.15) is 0 Å². The first-order chi connectivity index (χ1) is 9.88. The minimum Gasteiger partial charge on any atom is -0.481 e. The molecule has 5 heteroatoms. The van der Waals surface area contributed by atoms with Crippen LogP contribution < -0.4 is 5.32 Å². The van der Waals surface area contributed by atoms with Gasteiger partial charge in [0.25, 0.3) is 0 Å². The van der Waals surface area contributed by atoms with Crippen LogP contribution in [0.1, 0.15) is 37.0 Å². The second-order valence-electron chi connectivity index (χ2n) is 5.75. The van der Waals surface area contributed by atoms with Gasteiger partial charge in [-0.05, 0) is 43.0 Å². The van der Waals surface area contributed by atoms with Crippen LogP contribution in [0.25, 0.3) is 0 Å². The maximum Gasteiger partial charge on any atom is 0.307 e. The Balaban J connectivity index is 2.15. The number of hydrogen-bond donors (Lipinski definition) is 2. The van der Waals surface area contributed by atoms with Crippen molar-refractivity contribution in [3.63, 3.8) is 0 Å². The van der Waals surface area contributed by atoms with Gasteiger partial charge in [-0.25, -0.2) is 0 Å². The van der Waals surface area contributed by atoms with Crippen LogP contribution >= 0.6 is 0 Å². The quantitative estimate of drug-likeness (QED) is 0.834. The predicted octanol–water partition coefficient (Wildman–Crippen LogP) is 2.57. The van der Waals surface area contributed by atoms with Crippen molar-refractivity contribution in [2.24, 2.45) is 17.8 Å². The van der Waals surface area contributed by atoms with Gasteiger partial charge in [0.15, 0.2) is 5.78 Å². The lowest BCUT2D eigenvalue weighted by atomic mass is 9.88. The number of benzene rings is 1. The first kappa shape index (κ1) is 15.2. The third-order valence-electron chi connectivity index (χ3n) is 3.94. The van der Waals surface area contributed by atoms with Crippen molar-refractivity contribution in [3.8, 4) is 0 Å². The van der Waals surface area contributed by atoms with E-state index in [0.29, 0.717) is 24.1 Å². The van der Waals surface area contributed by atoms with E-state index in [-0.39, 0.29) is 17.6 Å². The Kier molecular flexibility index (Phi) is 4.40. The standard InChI is InChI=1S/C16H19NO4/c1-9-7-13(14(8-9)16(20)21)15(19)11-3-5-12(6-4-11)17-10(2)18/h3-6,9,13-14H,7-8H2,1-2H3,(H,17,18)(H,20,21). The molecule has 0 aromatic heterocycles. The third kappa shape index (κ3) is 3.48. The molecular formula is C16H19NO4. The molecule has 0 bridgehead atoms. The lowest BCUT2D eigenvalue weighted by Crippen LogP contribution is -2.25. The van der Waals surface area contributed by atoms with Crippen molar-refractivity contribution in [1.29, 1.82) is 0 Å². The van der Waals surface area contributed by atoms with Crippen molar-refractivity contribution in [1.82, 2.24) is 0 Å². The van der Waals surface area contributed by atoms with Crippen molar-refractivity contribution in [2.45, 2.75) is 26.7 Å². The SMILES string of the molecule is CC(=O)Nc1ccc(C(=O)C2CC(C)CC2C(=O)O)cc1. The maximum absolute atomic E-state index is 12.5. The molecule has 0 saturated heterocycles. The van der Waals surface area contributed by atoms with E-state index in [4.69, 9.17) is 0 Å². The van der Waals surface area contributed by atoms with E-state index in [1.807, 2.05) is 6.92 Å². The Morgan fingerprint density at radius 3 is 2.19 bits per heavy atom. The van der Waals surface area contributed by atoms with Gasteiger partial charge in [0.2, 0.25) is 5.91 Å². The van der Waals surface area contributed by atoms with E-state index < -0.39 is 17.8 Å². The topological polar surface area (TPSA) is 83.5 Å². The number of aliphatic carboxylic acids is 1. The third-order valence-corrected chi connectivity index (χ3v) is 3.94. The lowest BCUT2D eigenvalue weighted by molar-refractivity contribution is -0.142. The molecule has 1 aromatic carbocycles. The predicted molar refractivity (Wildman–Crippen MR) is 78.1 cm³/mol. The van der Waals surface area contributed by atoms with Gasteiger partial charge < -0.3 is 10.4 Å². The smallest absolute Gasteiger partial charge is 0.307 e. The number of carboxylic acids is 1. The monoisotopic (exact) mass is 289 g/mol. The van der Waals surface area contributed by atoms with Crippen molar-refractivity contribution < 1.29 is 19.5 Å². The summed E-state index contributed by atoms with van der Waals surface area (Å²) in [4.78, 5) is 34.7. The van der Waals surface area contributed by atoms with Crippen molar-refractivity contribution in [3.05, 3.63) is 29.8 Å². The summed E-state index contributed by atoms with van der Waals surface area (Å²) in [6.07, 6.45) is 1.17. The van der Waals surface area contributed by atoms with Crippen LogP contribution in [0, 0.1) is 17.8 Å². The largest absolute Gasteiger partial charge is 0.481 e. The molecule has 0 aliphatic heterocycles. The molecule has 3 unspecified atom stereocenters. The molecule has 0 heterocycles. The molecule has 0 radical (unpaired) electrons. The van der Waals surface area contributed by atoms with E-state index in [0.717, 1.165) is 0 Å². The average molecular weight is 289 g/mol. The molecule has 2 rings (SSSR count). The molecule has 112 valence electrons. The van der Waals surface area contributed by atoms with Gasteiger partial charge in [0.05, 0.1) is 5.92 Å². The number of nitrogens with one attached hydrogen (secondary N) is 1. The summed E-state index contributed by atoms with van der Waals surface area (Å²) in [7, 11) is 0. The number of hydrogen-bond acceptors (Lipinski definition) is 3. The van der Waals surface area contributed by atoms with Crippen LogP contribution in [0.2, 0.25) is 0 Å². The summed E-state index contributed by atoms with van der Waals surface area (Å²) in [5, 5.41) is 11.9. The zero-order valence-corrected chi connectivity index (χ0v) is 12.1. The van der Waals surface area contributed by atoms with Crippen LogP contribution in [0.4, 0.5) is 5.69 Å². The summed E-state index contributed by atoms with van der Waals surface area (Å²) in [6.45, 7) is 3.39. The highest BCUT2D eigenvalue weighted by Gasteiger charge is 2.41. The number of amides is 1. The van der Waals surface area contributed by atoms with Gasteiger partial charge in [0, 0.05) is 24.1 Å². The Morgan fingerprint density at radius 2 is 1.67 bits per heavy atom. The normalized spacial score (nSPS) is 24.6. The van der Waals surface area contributed by atoms with E-state index in [9.17, 15) is 19.5 Å². The summed E-state index contributed by atoms with van der Waals surface area (Å²) in [5.74, 6) is -2.00. The molecule has 2 N–H and O–H groups in total. The Morgan fingerprint density at radius 1 is 1.10 bits per heavy atom. The molecule has 1 aliphatic carbocycles. The van der Waals surface area contributed by atoms with Gasteiger partial charge in [-0.2, -0.15) is 0 Å². The first-order valence-electron chi connectivity index (χ1n) is 7.03. The maximum atomic E-state index is 12.5. The van der Waals surface area contributed by atoms with Crippen molar-refractivity contribution >= 4 is 23.3 Å². The van der Waals surface area contributed by atoms with Crippen LogP contribution in [0.15, 0.2) is 24.3 Å². The highest BCUT2D eigenvalue weighted by molar-refractivity contribution is 6.00. The number of carbonyl (C=O) groups is 3. The zero-order chi connectivity index (χ0) is 15.6. The van der Waals surface area contributed by atoms with Gasteiger partial charge in [-0.1, -0.05) is 6.92 Å². The molecule has 1 saturated carbocycles. The highest BCUT2D eigenvalue weighted by Crippen LogP contribution is 2.38. The number of ketones is 1. The first-order valence-corrected chi connectivity index (χ1v) is 7.03. The number of anilines is 1. The van der Waals surface area contributed by atoms with E-state index in [2.05, 4.69) is 5.32 Å². The van der Waals surface area contributed by atoms with Gasteiger partial charge >= 0.3 is 5.97 Å². The molecule has 1 aliphatic rings. The molecule has 3 atom stereocenters. The summed E-state index contributed by atoms with van der Waals surface area (Å²) >= 11 is 0. The minimum atomic E-state index is -0.896. The summed E-state index contributed by atoms with van der Waals surface area (Å²) < 4.78 is 0. The molecular weight excluding hydrogens is 270 g/mol. The highest BCUT2D eigenvalue weighted by atomic mass is 16.4.